The molecule has 120 valence electrons. The van der Waals surface area contributed by atoms with Crippen molar-refractivity contribution in [3.63, 3.8) is 0 Å². The Bertz CT molecular complexity index is 755. The molecule has 0 saturated carbocycles. The number of para-hydroxylation sites is 1. The quantitative estimate of drug-likeness (QED) is 0.853. The molecule has 0 aliphatic carbocycles. The zero-order valence-electron chi connectivity index (χ0n) is 13.3. The Morgan fingerprint density at radius 2 is 2.09 bits per heavy atom. The van der Waals surface area contributed by atoms with Crippen molar-refractivity contribution >= 4 is 17.5 Å². The van der Waals surface area contributed by atoms with Crippen molar-refractivity contribution in [3.05, 3.63) is 41.6 Å². The molecule has 0 unspecified atom stereocenters. The molecule has 1 atom stereocenters. The molecule has 1 aromatic carbocycles. The molecule has 1 aliphatic rings. The summed E-state index contributed by atoms with van der Waals surface area (Å²) in [6, 6.07) is 7.06. The van der Waals surface area contributed by atoms with Gasteiger partial charge in [0, 0.05) is 33.0 Å². The predicted octanol–water partition coefficient (Wildman–Crippen LogP) is 1.31. The van der Waals surface area contributed by atoms with Gasteiger partial charge in [-0.15, -0.1) is 10.2 Å². The van der Waals surface area contributed by atoms with Crippen LogP contribution in [0.2, 0.25) is 0 Å². The average Bonchev–Trinajstić information content (AvgIpc) is 3.09. The number of likely N-dealkylation sites (N-methyl/N-ethyl adjacent to an activating group) is 1. The summed E-state index contributed by atoms with van der Waals surface area (Å²) in [7, 11) is 1.67. The fourth-order valence-corrected chi connectivity index (χ4v) is 2.91. The maximum Gasteiger partial charge on any atom is 0.246 e. The van der Waals surface area contributed by atoms with Crippen LogP contribution < -0.4 is 4.90 Å². The van der Waals surface area contributed by atoms with E-state index in [1.165, 1.54) is 11.8 Å². The molecular weight excluding hydrogens is 296 g/mol. The van der Waals surface area contributed by atoms with Gasteiger partial charge in [0.25, 0.3) is 0 Å². The summed E-state index contributed by atoms with van der Waals surface area (Å²) in [4.78, 5) is 27.9. The van der Waals surface area contributed by atoms with Gasteiger partial charge < -0.3 is 9.32 Å². The third kappa shape index (κ3) is 2.81. The number of benzene rings is 1. The zero-order chi connectivity index (χ0) is 16.6. The highest BCUT2D eigenvalue weighted by molar-refractivity contribution is 6.02. The Labute approximate surface area is 133 Å². The van der Waals surface area contributed by atoms with E-state index in [9.17, 15) is 9.59 Å². The third-order valence-electron chi connectivity index (χ3n) is 3.92. The molecule has 2 heterocycles. The van der Waals surface area contributed by atoms with Gasteiger partial charge in [0.2, 0.25) is 23.6 Å². The van der Waals surface area contributed by atoms with Gasteiger partial charge in [-0.1, -0.05) is 18.2 Å². The highest BCUT2D eigenvalue weighted by Gasteiger charge is 2.38. The molecule has 0 saturated heterocycles. The van der Waals surface area contributed by atoms with Crippen LogP contribution in [0.25, 0.3) is 0 Å². The molecular formula is C16H18N4O3. The van der Waals surface area contributed by atoms with Gasteiger partial charge in [0.15, 0.2) is 0 Å². The summed E-state index contributed by atoms with van der Waals surface area (Å²) in [5.41, 5.74) is 1.81. The van der Waals surface area contributed by atoms with Crippen LogP contribution in [-0.4, -0.2) is 40.0 Å². The van der Waals surface area contributed by atoms with Gasteiger partial charge in [-0.2, -0.15) is 0 Å². The summed E-state index contributed by atoms with van der Waals surface area (Å²) in [6.45, 7) is 3.39. The zero-order valence-corrected chi connectivity index (χ0v) is 13.3. The number of carbonyl (C=O) groups is 2. The van der Waals surface area contributed by atoms with E-state index < -0.39 is 6.04 Å². The summed E-state index contributed by atoms with van der Waals surface area (Å²) in [5, 5.41) is 7.65. The second kappa shape index (κ2) is 5.83. The lowest BCUT2D eigenvalue weighted by Gasteiger charge is -2.27. The molecule has 0 bridgehead atoms. The number of hydrogen-bond acceptors (Lipinski definition) is 5. The summed E-state index contributed by atoms with van der Waals surface area (Å²) in [5.74, 6) is 0.547. The minimum absolute atomic E-state index is 0.143. The van der Waals surface area contributed by atoms with Crippen LogP contribution in [0.1, 0.15) is 24.3 Å². The normalized spacial score (nSPS) is 16.3. The minimum Gasteiger partial charge on any atom is -0.424 e. The van der Waals surface area contributed by atoms with Crippen molar-refractivity contribution in [3.8, 4) is 0 Å². The third-order valence-corrected chi connectivity index (χ3v) is 3.92. The molecule has 0 radical (unpaired) electrons. The molecule has 23 heavy (non-hydrogen) atoms. The maximum absolute atomic E-state index is 12.8. The van der Waals surface area contributed by atoms with Crippen LogP contribution in [0.4, 0.5) is 5.69 Å². The first-order valence-corrected chi connectivity index (χ1v) is 7.39. The van der Waals surface area contributed by atoms with E-state index in [1.54, 1.807) is 18.9 Å². The lowest BCUT2D eigenvalue weighted by Crippen LogP contribution is -2.47. The number of aromatic nitrogens is 2. The van der Waals surface area contributed by atoms with Gasteiger partial charge in [-0.05, 0) is 11.6 Å². The topological polar surface area (TPSA) is 79.5 Å². The first-order valence-electron chi connectivity index (χ1n) is 7.39. The van der Waals surface area contributed by atoms with Gasteiger partial charge in [0.1, 0.15) is 6.04 Å². The largest absolute Gasteiger partial charge is 0.424 e. The maximum atomic E-state index is 12.8. The molecule has 0 N–H and O–H groups in total. The lowest BCUT2D eigenvalue weighted by molar-refractivity contribution is -0.133. The highest BCUT2D eigenvalue weighted by Crippen LogP contribution is 2.32. The van der Waals surface area contributed by atoms with E-state index >= 15 is 0 Å². The first kappa shape index (κ1) is 15.2. The van der Waals surface area contributed by atoms with Crippen molar-refractivity contribution in [2.45, 2.75) is 32.9 Å². The monoisotopic (exact) mass is 314 g/mol. The number of aryl methyl sites for hydroxylation is 1. The molecule has 0 fully saturated rings. The smallest absolute Gasteiger partial charge is 0.246 e. The van der Waals surface area contributed by atoms with Crippen LogP contribution in [0.15, 0.2) is 28.7 Å². The van der Waals surface area contributed by atoms with Crippen molar-refractivity contribution in [2.24, 2.45) is 0 Å². The standard InChI is InChI=1S/C16H18N4O3/c1-10-17-18-15(23-10)9-19(3)16(22)14-8-12-6-4-5-7-13(12)20(14)11(2)21/h4-7,14H,8-9H2,1-3H3/t14-/m0/s1. The van der Waals surface area contributed by atoms with Crippen LogP contribution in [0, 0.1) is 6.92 Å². The number of fused-ring (bicyclic) bond motifs is 1. The Kier molecular flexibility index (Phi) is 3.85. The van der Waals surface area contributed by atoms with Gasteiger partial charge >= 0.3 is 0 Å². The van der Waals surface area contributed by atoms with E-state index in [2.05, 4.69) is 10.2 Å². The van der Waals surface area contributed by atoms with Crippen molar-refractivity contribution < 1.29 is 14.0 Å². The van der Waals surface area contributed by atoms with Crippen molar-refractivity contribution in [2.75, 3.05) is 11.9 Å². The van der Waals surface area contributed by atoms with Crippen molar-refractivity contribution in [1.82, 2.24) is 15.1 Å². The summed E-state index contributed by atoms with van der Waals surface area (Å²) >= 11 is 0. The number of nitrogens with zero attached hydrogens (tertiary/aromatic N) is 4. The number of anilines is 1. The van der Waals surface area contributed by atoms with Gasteiger partial charge in [-0.25, -0.2) is 0 Å². The Morgan fingerprint density at radius 1 is 1.35 bits per heavy atom. The average molecular weight is 314 g/mol. The number of carbonyl (C=O) groups excluding carboxylic acids is 2. The molecule has 0 spiro atoms. The fraction of sp³-hybridized carbons (Fsp3) is 0.375. The number of rotatable bonds is 3. The molecule has 3 rings (SSSR count). The van der Waals surface area contributed by atoms with E-state index in [-0.39, 0.29) is 18.4 Å². The van der Waals surface area contributed by atoms with Gasteiger partial charge in [-0.3, -0.25) is 14.5 Å². The van der Waals surface area contributed by atoms with E-state index in [1.807, 2.05) is 24.3 Å². The van der Waals surface area contributed by atoms with E-state index in [0.29, 0.717) is 18.2 Å². The van der Waals surface area contributed by atoms with Crippen LogP contribution in [-0.2, 0) is 22.6 Å². The second-order valence-electron chi connectivity index (χ2n) is 5.65. The Morgan fingerprint density at radius 3 is 2.74 bits per heavy atom. The second-order valence-corrected chi connectivity index (χ2v) is 5.65. The molecule has 7 heteroatoms. The minimum atomic E-state index is -0.529. The first-order chi connectivity index (χ1) is 11.0. The lowest BCUT2D eigenvalue weighted by atomic mass is 10.1. The fourth-order valence-electron chi connectivity index (χ4n) is 2.91. The number of hydrogen-bond donors (Lipinski definition) is 0. The summed E-state index contributed by atoms with van der Waals surface area (Å²) < 4.78 is 5.31. The van der Waals surface area contributed by atoms with E-state index in [4.69, 9.17) is 4.42 Å². The van der Waals surface area contributed by atoms with Crippen LogP contribution in [0.5, 0.6) is 0 Å². The van der Waals surface area contributed by atoms with Crippen LogP contribution >= 0.6 is 0 Å². The van der Waals surface area contributed by atoms with Crippen LogP contribution in [0.3, 0.4) is 0 Å². The molecule has 1 aromatic heterocycles. The summed E-state index contributed by atoms with van der Waals surface area (Å²) in [6.07, 6.45) is 0.516. The Hall–Kier alpha value is -2.70. The molecule has 1 aliphatic heterocycles. The van der Waals surface area contributed by atoms with Crippen molar-refractivity contribution in [1.29, 1.82) is 0 Å². The highest BCUT2D eigenvalue weighted by atomic mass is 16.4. The molecule has 2 aromatic rings. The molecule has 2 amide bonds. The molecule has 7 nitrogen and oxygen atoms in total. The predicted molar refractivity (Wildman–Crippen MR) is 82.6 cm³/mol. The SMILES string of the molecule is CC(=O)N1c2ccccc2C[C@H]1C(=O)N(C)Cc1nnc(C)o1. The van der Waals surface area contributed by atoms with Gasteiger partial charge in [0.05, 0.1) is 6.54 Å². The number of amides is 2. The Balaban J connectivity index is 1.80. The van der Waals surface area contributed by atoms with E-state index in [0.717, 1.165) is 11.3 Å².